The Balaban J connectivity index is 1.63. The Morgan fingerprint density at radius 1 is 1.27 bits per heavy atom. The van der Waals surface area contributed by atoms with Crippen LogP contribution in [0.3, 0.4) is 0 Å². The minimum atomic E-state index is -0.136. The first-order valence-electron chi connectivity index (χ1n) is 8.47. The van der Waals surface area contributed by atoms with Crippen LogP contribution in [0.25, 0.3) is 11.3 Å². The van der Waals surface area contributed by atoms with Crippen molar-refractivity contribution in [3.05, 3.63) is 46.7 Å². The van der Waals surface area contributed by atoms with E-state index in [0.29, 0.717) is 17.5 Å². The largest absolute Gasteiger partial charge is 0.494 e. The highest BCUT2D eigenvalue weighted by atomic mass is 32.1. The van der Waals surface area contributed by atoms with Gasteiger partial charge in [0, 0.05) is 16.5 Å². The van der Waals surface area contributed by atoms with E-state index in [1.165, 1.54) is 11.3 Å². The molecule has 0 aliphatic heterocycles. The molecule has 0 bridgehead atoms. The van der Waals surface area contributed by atoms with E-state index in [1.807, 2.05) is 36.6 Å². The van der Waals surface area contributed by atoms with Gasteiger partial charge in [-0.25, -0.2) is 4.98 Å². The summed E-state index contributed by atoms with van der Waals surface area (Å²) in [5.41, 5.74) is 3.37. The normalized spacial score (nSPS) is 10.7. The van der Waals surface area contributed by atoms with Gasteiger partial charge < -0.3 is 14.6 Å². The molecule has 0 atom stereocenters. The fourth-order valence-electron chi connectivity index (χ4n) is 2.48. The summed E-state index contributed by atoms with van der Waals surface area (Å²) in [4.78, 5) is 16.7. The van der Waals surface area contributed by atoms with Crippen LogP contribution in [-0.4, -0.2) is 22.7 Å². The second kappa shape index (κ2) is 8.14. The number of carbonyl (C=O) groups excluding carboxylic acids is 1. The predicted octanol–water partition coefficient (Wildman–Crippen LogP) is 4.38. The van der Waals surface area contributed by atoms with E-state index < -0.39 is 0 Å². The Hall–Kier alpha value is -2.67. The maximum Gasteiger partial charge on any atom is 0.230 e. The second-order valence-corrected chi connectivity index (χ2v) is 6.80. The fourth-order valence-corrected chi connectivity index (χ4v) is 3.22. The van der Waals surface area contributed by atoms with Crippen LogP contribution in [0.1, 0.15) is 30.4 Å². The van der Waals surface area contributed by atoms with Crippen molar-refractivity contribution in [2.45, 2.75) is 33.6 Å². The molecule has 0 saturated heterocycles. The van der Waals surface area contributed by atoms with E-state index in [1.54, 1.807) is 6.92 Å². The second-order valence-electron chi connectivity index (χ2n) is 5.94. The van der Waals surface area contributed by atoms with Crippen LogP contribution >= 0.6 is 11.3 Å². The number of aromatic nitrogens is 2. The zero-order valence-corrected chi connectivity index (χ0v) is 15.9. The van der Waals surface area contributed by atoms with E-state index in [-0.39, 0.29) is 12.3 Å². The lowest BCUT2D eigenvalue weighted by atomic mass is 10.1. The Morgan fingerprint density at radius 3 is 2.69 bits per heavy atom. The maximum atomic E-state index is 12.2. The van der Waals surface area contributed by atoms with Gasteiger partial charge in [0.1, 0.15) is 11.5 Å². The van der Waals surface area contributed by atoms with Crippen molar-refractivity contribution in [1.82, 2.24) is 10.1 Å². The van der Waals surface area contributed by atoms with Crippen LogP contribution in [0, 0.1) is 13.8 Å². The van der Waals surface area contributed by atoms with Gasteiger partial charge in [-0.1, -0.05) is 12.1 Å². The molecule has 2 aromatic heterocycles. The van der Waals surface area contributed by atoms with Gasteiger partial charge in [-0.05, 0) is 44.5 Å². The third-order valence-corrected chi connectivity index (χ3v) is 4.65. The Labute approximate surface area is 156 Å². The maximum absolute atomic E-state index is 12.2. The zero-order valence-electron chi connectivity index (χ0n) is 15.0. The average molecular weight is 371 g/mol. The Morgan fingerprint density at radius 2 is 2.04 bits per heavy atom. The number of benzene rings is 1. The number of ether oxygens (including phenoxy) is 1. The van der Waals surface area contributed by atoms with Gasteiger partial charge in [0.2, 0.25) is 5.91 Å². The Bertz CT molecular complexity index is 864. The summed E-state index contributed by atoms with van der Waals surface area (Å²) in [6, 6.07) is 7.80. The van der Waals surface area contributed by atoms with Gasteiger partial charge in [0.05, 0.1) is 24.4 Å². The number of amides is 1. The standard InChI is InChI=1S/C19H21N3O3S/c1-4-9-24-15-7-5-14(6-8-15)17-11-26-19(20-17)21-18(23)10-16-12(2)22-25-13(16)3/h5-8,11H,4,9-10H2,1-3H3,(H,20,21,23). The van der Waals surface area contributed by atoms with Crippen molar-refractivity contribution < 1.29 is 14.1 Å². The van der Waals surface area contributed by atoms with Crippen molar-refractivity contribution in [1.29, 1.82) is 0 Å². The summed E-state index contributed by atoms with van der Waals surface area (Å²) in [6.07, 6.45) is 1.20. The highest BCUT2D eigenvalue weighted by Gasteiger charge is 2.15. The molecule has 0 radical (unpaired) electrons. The van der Waals surface area contributed by atoms with Crippen LogP contribution in [0.15, 0.2) is 34.2 Å². The lowest BCUT2D eigenvalue weighted by molar-refractivity contribution is -0.115. The molecule has 3 aromatic rings. The minimum Gasteiger partial charge on any atom is -0.494 e. The highest BCUT2D eigenvalue weighted by molar-refractivity contribution is 7.14. The molecule has 0 unspecified atom stereocenters. The van der Waals surface area contributed by atoms with Gasteiger partial charge >= 0.3 is 0 Å². The third kappa shape index (κ3) is 4.29. The van der Waals surface area contributed by atoms with Crippen molar-refractivity contribution >= 4 is 22.4 Å². The lowest BCUT2D eigenvalue weighted by Crippen LogP contribution is -2.15. The molecule has 3 rings (SSSR count). The van der Waals surface area contributed by atoms with Gasteiger partial charge in [0.15, 0.2) is 5.13 Å². The molecule has 7 heteroatoms. The molecule has 0 spiro atoms. The number of thiazole rings is 1. The monoisotopic (exact) mass is 371 g/mol. The molecule has 1 amide bonds. The van der Waals surface area contributed by atoms with Crippen LogP contribution in [0.5, 0.6) is 5.75 Å². The van der Waals surface area contributed by atoms with E-state index >= 15 is 0 Å². The van der Waals surface area contributed by atoms with Crippen LogP contribution in [0.4, 0.5) is 5.13 Å². The number of nitrogens with one attached hydrogen (secondary N) is 1. The van der Waals surface area contributed by atoms with E-state index in [2.05, 4.69) is 22.4 Å². The average Bonchev–Trinajstić information content (AvgIpc) is 3.22. The molecule has 6 nitrogen and oxygen atoms in total. The number of hydrogen-bond acceptors (Lipinski definition) is 6. The molecule has 0 aliphatic carbocycles. The fraction of sp³-hybridized carbons (Fsp3) is 0.316. The number of anilines is 1. The zero-order chi connectivity index (χ0) is 18.5. The highest BCUT2D eigenvalue weighted by Crippen LogP contribution is 2.27. The molecule has 0 aliphatic rings. The summed E-state index contributed by atoms with van der Waals surface area (Å²) in [5.74, 6) is 1.38. The number of carbonyl (C=O) groups is 1. The van der Waals surface area contributed by atoms with E-state index in [0.717, 1.165) is 34.7 Å². The molecule has 1 N–H and O–H groups in total. The van der Waals surface area contributed by atoms with Crippen molar-refractivity contribution in [3.8, 4) is 17.0 Å². The molecular formula is C19H21N3O3S. The van der Waals surface area contributed by atoms with Crippen LogP contribution in [0.2, 0.25) is 0 Å². The van der Waals surface area contributed by atoms with Gasteiger partial charge in [-0.15, -0.1) is 11.3 Å². The van der Waals surface area contributed by atoms with Crippen molar-refractivity contribution in [3.63, 3.8) is 0 Å². The molecule has 1 aromatic carbocycles. The molecule has 0 saturated carbocycles. The first-order chi connectivity index (χ1) is 12.6. The summed E-state index contributed by atoms with van der Waals surface area (Å²) in [7, 11) is 0. The predicted molar refractivity (Wildman–Crippen MR) is 102 cm³/mol. The molecular weight excluding hydrogens is 350 g/mol. The summed E-state index contributed by atoms with van der Waals surface area (Å²) in [6.45, 7) is 6.41. The smallest absolute Gasteiger partial charge is 0.230 e. The molecule has 26 heavy (non-hydrogen) atoms. The molecule has 0 fully saturated rings. The first kappa shape index (κ1) is 18.1. The third-order valence-electron chi connectivity index (χ3n) is 3.89. The summed E-state index contributed by atoms with van der Waals surface area (Å²) >= 11 is 1.40. The van der Waals surface area contributed by atoms with Gasteiger partial charge in [0.25, 0.3) is 0 Å². The number of rotatable bonds is 7. The Kier molecular flexibility index (Phi) is 5.68. The first-order valence-corrected chi connectivity index (χ1v) is 9.35. The molecule has 136 valence electrons. The molecule has 2 heterocycles. The van der Waals surface area contributed by atoms with Crippen molar-refractivity contribution in [2.24, 2.45) is 0 Å². The SMILES string of the molecule is CCCOc1ccc(-c2csc(NC(=O)Cc3c(C)noc3C)n2)cc1. The van der Waals surface area contributed by atoms with E-state index in [9.17, 15) is 4.79 Å². The van der Waals surface area contributed by atoms with Gasteiger partial charge in [-0.3, -0.25) is 4.79 Å². The quantitative estimate of drug-likeness (QED) is 0.667. The summed E-state index contributed by atoms with van der Waals surface area (Å²) in [5, 5.41) is 9.20. The number of aryl methyl sites for hydroxylation is 2. The van der Waals surface area contributed by atoms with E-state index in [4.69, 9.17) is 9.26 Å². The number of hydrogen-bond donors (Lipinski definition) is 1. The van der Waals surface area contributed by atoms with Crippen LogP contribution in [-0.2, 0) is 11.2 Å². The lowest BCUT2D eigenvalue weighted by Gasteiger charge is -2.04. The minimum absolute atomic E-state index is 0.136. The van der Waals surface area contributed by atoms with Crippen LogP contribution < -0.4 is 10.1 Å². The number of nitrogens with zero attached hydrogens (tertiary/aromatic N) is 2. The van der Waals surface area contributed by atoms with Gasteiger partial charge in [-0.2, -0.15) is 0 Å². The van der Waals surface area contributed by atoms with Crippen molar-refractivity contribution in [2.75, 3.05) is 11.9 Å². The summed E-state index contributed by atoms with van der Waals surface area (Å²) < 4.78 is 10.7. The topological polar surface area (TPSA) is 77.2 Å².